The molecule has 6 heteroatoms. The van der Waals surface area contributed by atoms with E-state index in [2.05, 4.69) is 0 Å². The van der Waals surface area contributed by atoms with Gasteiger partial charge in [-0.05, 0) is 51.8 Å². The summed E-state index contributed by atoms with van der Waals surface area (Å²) in [5.41, 5.74) is 1.35. The van der Waals surface area contributed by atoms with Crippen LogP contribution in [0.2, 0.25) is 0 Å². The average molecular weight is 348 g/mol. The lowest BCUT2D eigenvalue weighted by atomic mass is 10.0. The normalized spacial score (nSPS) is 27.9. The van der Waals surface area contributed by atoms with E-state index in [-0.39, 0.29) is 28.3 Å². The maximum Gasteiger partial charge on any atom is 0.268 e. The zero-order valence-electron chi connectivity index (χ0n) is 14.1. The fourth-order valence-electron chi connectivity index (χ4n) is 3.86. The van der Waals surface area contributed by atoms with Crippen LogP contribution in [0.15, 0.2) is 18.2 Å². The van der Waals surface area contributed by atoms with Crippen LogP contribution in [0.4, 0.5) is 10.1 Å². The van der Waals surface area contributed by atoms with E-state index in [0.717, 1.165) is 18.5 Å². The second-order valence-electron chi connectivity index (χ2n) is 7.42. The van der Waals surface area contributed by atoms with Gasteiger partial charge in [0.05, 0.1) is 5.69 Å². The summed E-state index contributed by atoms with van der Waals surface area (Å²) in [6.07, 6.45) is 1.77. The Balaban J connectivity index is 1.92. The Morgan fingerprint density at radius 1 is 1.38 bits per heavy atom. The van der Waals surface area contributed by atoms with Crippen molar-refractivity contribution in [3.8, 4) is 0 Å². The fourth-order valence-corrected chi connectivity index (χ4v) is 5.59. The second-order valence-corrected chi connectivity index (χ2v) is 9.32. The number of hydrogen-bond donors (Lipinski definition) is 0. The van der Waals surface area contributed by atoms with E-state index in [1.54, 1.807) is 15.9 Å². The molecule has 0 N–H and O–H groups in total. The SMILES string of the molecule is CCN1C(=O)C2(SC(C)(C)CN2C(=O)C2CC2)c2cc(F)ccc21. The molecule has 1 atom stereocenters. The summed E-state index contributed by atoms with van der Waals surface area (Å²) < 4.78 is 13.7. The van der Waals surface area contributed by atoms with Crippen LogP contribution in [-0.2, 0) is 14.5 Å². The maximum absolute atomic E-state index is 14.0. The van der Waals surface area contributed by atoms with Gasteiger partial charge in [0.15, 0.2) is 4.87 Å². The van der Waals surface area contributed by atoms with E-state index in [9.17, 15) is 14.0 Å². The minimum Gasteiger partial charge on any atom is -0.314 e. The number of benzene rings is 1. The molecule has 24 heavy (non-hydrogen) atoms. The highest BCUT2D eigenvalue weighted by atomic mass is 32.2. The van der Waals surface area contributed by atoms with Crippen molar-refractivity contribution in [1.82, 2.24) is 4.90 Å². The number of fused-ring (bicyclic) bond motifs is 2. The van der Waals surface area contributed by atoms with Crippen molar-refractivity contribution in [1.29, 1.82) is 0 Å². The molecule has 4 rings (SSSR count). The molecular formula is C18H21FN2O2S. The van der Waals surface area contributed by atoms with Crippen molar-refractivity contribution in [3.63, 3.8) is 0 Å². The summed E-state index contributed by atoms with van der Waals surface area (Å²) in [6, 6.07) is 4.47. The van der Waals surface area contributed by atoms with Crippen LogP contribution < -0.4 is 4.90 Å². The van der Waals surface area contributed by atoms with Gasteiger partial charge in [0.1, 0.15) is 5.82 Å². The first-order valence-corrected chi connectivity index (χ1v) is 9.25. The molecule has 0 bridgehead atoms. The first kappa shape index (κ1) is 15.9. The summed E-state index contributed by atoms with van der Waals surface area (Å²) >= 11 is 1.49. The molecule has 1 aromatic carbocycles. The van der Waals surface area contributed by atoms with Gasteiger partial charge in [-0.1, -0.05) is 0 Å². The number of thioether (sulfide) groups is 1. The molecule has 0 aromatic heterocycles. The molecule has 1 saturated carbocycles. The standard InChI is InChI=1S/C18H21FN2O2S/c1-4-20-14-8-7-12(19)9-13(14)18(16(20)23)21(10-17(2,3)24-18)15(22)11-5-6-11/h7-9,11H,4-6,10H2,1-3H3. The summed E-state index contributed by atoms with van der Waals surface area (Å²) in [5, 5.41) is 0. The molecule has 1 unspecified atom stereocenters. The van der Waals surface area contributed by atoms with E-state index < -0.39 is 4.87 Å². The van der Waals surface area contributed by atoms with E-state index >= 15 is 0 Å². The van der Waals surface area contributed by atoms with Gasteiger partial charge in [-0.15, -0.1) is 11.8 Å². The Hall–Kier alpha value is -1.56. The first-order chi connectivity index (χ1) is 11.3. The van der Waals surface area contributed by atoms with Gasteiger partial charge in [0.25, 0.3) is 5.91 Å². The van der Waals surface area contributed by atoms with E-state index in [0.29, 0.717) is 18.7 Å². The van der Waals surface area contributed by atoms with E-state index in [1.165, 1.54) is 23.9 Å². The summed E-state index contributed by atoms with van der Waals surface area (Å²) in [4.78, 5) is 28.6. The highest BCUT2D eigenvalue weighted by Gasteiger charge is 2.64. The third kappa shape index (κ3) is 2.05. The molecule has 2 aliphatic heterocycles. The van der Waals surface area contributed by atoms with Crippen molar-refractivity contribution < 1.29 is 14.0 Å². The van der Waals surface area contributed by atoms with Gasteiger partial charge in [0, 0.05) is 29.3 Å². The minimum absolute atomic E-state index is 0.0249. The predicted octanol–water partition coefficient (Wildman–Crippen LogP) is 3.11. The lowest BCUT2D eigenvalue weighted by Gasteiger charge is -2.33. The predicted molar refractivity (Wildman–Crippen MR) is 92.2 cm³/mol. The zero-order chi connectivity index (χ0) is 17.3. The van der Waals surface area contributed by atoms with Crippen LogP contribution in [0.1, 0.15) is 39.2 Å². The molecule has 0 radical (unpaired) electrons. The number of carbonyl (C=O) groups excluding carboxylic acids is 2. The van der Waals surface area contributed by atoms with Crippen molar-refractivity contribution in [2.24, 2.45) is 5.92 Å². The Labute approximate surface area is 145 Å². The summed E-state index contributed by atoms with van der Waals surface area (Å²) in [5.74, 6) is -0.426. The van der Waals surface area contributed by atoms with Gasteiger partial charge >= 0.3 is 0 Å². The van der Waals surface area contributed by atoms with Crippen molar-refractivity contribution in [3.05, 3.63) is 29.6 Å². The quantitative estimate of drug-likeness (QED) is 0.825. The molecule has 128 valence electrons. The van der Waals surface area contributed by atoms with Crippen LogP contribution in [0.3, 0.4) is 0 Å². The number of anilines is 1. The monoisotopic (exact) mass is 348 g/mol. The van der Waals surface area contributed by atoms with Crippen molar-refractivity contribution in [2.45, 2.75) is 43.2 Å². The fraction of sp³-hybridized carbons (Fsp3) is 0.556. The Kier molecular flexibility index (Phi) is 3.30. The van der Waals surface area contributed by atoms with Gasteiger partial charge in [-0.25, -0.2) is 4.39 Å². The largest absolute Gasteiger partial charge is 0.314 e. The number of nitrogens with zero attached hydrogens (tertiary/aromatic N) is 2. The number of amides is 2. The summed E-state index contributed by atoms with van der Waals surface area (Å²) in [7, 11) is 0. The molecule has 2 heterocycles. The molecule has 3 aliphatic rings. The van der Waals surface area contributed by atoms with Gasteiger partial charge in [-0.2, -0.15) is 0 Å². The minimum atomic E-state index is -1.11. The maximum atomic E-state index is 14.0. The molecule has 2 fully saturated rings. The lowest BCUT2D eigenvalue weighted by molar-refractivity contribution is -0.141. The average Bonchev–Trinajstić information content (AvgIpc) is 3.29. The van der Waals surface area contributed by atoms with Gasteiger partial charge < -0.3 is 9.80 Å². The Bertz CT molecular complexity index is 747. The number of carbonyl (C=O) groups is 2. The first-order valence-electron chi connectivity index (χ1n) is 8.44. The van der Waals surface area contributed by atoms with Crippen molar-refractivity contribution in [2.75, 3.05) is 18.0 Å². The highest BCUT2D eigenvalue weighted by molar-refractivity contribution is 8.02. The number of likely N-dealkylation sites (N-methyl/N-ethyl adjacent to an activating group) is 1. The molecule has 1 saturated heterocycles. The van der Waals surface area contributed by atoms with Crippen LogP contribution >= 0.6 is 11.8 Å². The van der Waals surface area contributed by atoms with Gasteiger partial charge in [-0.3, -0.25) is 9.59 Å². The topological polar surface area (TPSA) is 40.6 Å². The third-order valence-corrected chi connectivity index (χ3v) is 6.59. The number of hydrogen-bond acceptors (Lipinski definition) is 3. The molecule has 1 spiro atoms. The summed E-state index contributed by atoms with van der Waals surface area (Å²) in [6.45, 7) is 7.00. The molecule has 2 amide bonds. The van der Waals surface area contributed by atoms with E-state index in [1.807, 2.05) is 20.8 Å². The zero-order valence-corrected chi connectivity index (χ0v) is 15.0. The van der Waals surface area contributed by atoms with Crippen LogP contribution in [0.5, 0.6) is 0 Å². The third-order valence-electron chi connectivity index (χ3n) is 5.00. The number of rotatable bonds is 2. The van der Waals surface area contributed by atoms with Crippen molar-refractivity contribution >= 4 is 29.3 Å². The number of halogens is 1. The molecule has 1 aliphatic carbocycles. The van der Waals surface area contributed by atoms with Gasteiger partial charge in [0.2, 0.25) is 5.91 Å². The van der Waals surface area contributed by atoms with Crippen LogP contribution in [0, 0.1) is 11.7 Å². The highest BCUT2D eigenvalue weighted by Crippen LogP contribution is 2.60. The molecule has 4 nitrogen and oxygen atoms in total. The molecule has 1 aromatic rings. The van der Waals surface area contributed by atoms with Crippen LogP contribution in [0.25, 0.3) is 0 Å². The Morgan fingerprint density at radius 2 is 2.08 bits per heavy atom. The van der Waals surface area contributed by atoms with E-state index in [4.69, 9.17) is 0 Å². The second kappa shape index (κ2) is 4.97. The van der Waals surface area contributed by atoms with Crippen LogP contribution in [-0.4, -0.2) is 34.6 Å². The molecular weight excluding hydrogens is 327 g/mol. The Morgan fingerprint density at radius 3 is 2.71 bits per heavy atom. The lowest BCUT2D eigenvalue weighted by Crippen LogP contribution is -2.51. The smallest absolute Gasteiger partial charge is 0.268 e.